The lowest BCUT2D eigenvalue weighted by Gasteiger charge is -2.13. The summed E-state index contributed by atoms with van der Waals surface area (Å²) in [6, 6.07) is 9.78. The molecule has 1 aliphatic rings. The number of hydrogen-bond donors (Lipinski definition) is 2. The highest BCUT2D eigenvalue weighted by Crippen LogP contribution is 2.20. The molecule has 0 spiro atoms. The average molecular weight is 340 g/mol. The van der Waals surface area contributed by atoms with Crippen molar-refractivity contribution in [3.8, 4) is 5.75 Å². The molecule has 6 nitrogen and oxygen atoms in total. The van der Waals surface area contributed by atoms with Gasteiger partial charge in [-0.15, -0.1) is 0 Å². The van der Waals surface area contributed by atoms with Crippen molar-refractivity contribution in [1.29, 1.82) is 0 Å². The predicted octanol–water partition coefficient (Wildman–Crippen LogP) is 3.08. The molecule has 6 heteroatoms. The molecule has 0 aliphatic heterocycles. The summed E-state index contributed by atoms with van der Waals surface area (Å²) in [4.78, 5) is 21.1. The van der Waals surface area contributed by atoms with Gasteiger partial charge in [0.1, 0.15) is 23.1 Å². The summed E-state index contributed by atoms with van der Waals surface area (Å²) in [5.41, 5.74) is 1.43. The molecule has 1 fully saturated rings. The Balaban J connectivity index is 1.69. The molecule has 1 amide bonds. The lowest BCUT2D eigenvalue weighted by Crippen LogP contribution is -2.33. The number of nitrogens with one attached hydrogen (secondary N) is 2. The Hall–Kier alpha value is -2.63. The summed E-state index contributed by atoms with van der Waals surface area (Å²) < 4.78 is 5.36. The second-order valence-corrected chi connectivity index (χ2v) is 6.31. The van der Waals surface area contributed by atoms with E-state index >= 15 is 0 Å². The van der Waals surface area contributed by atoms with E-state index in [0.717, 1.165) is 24.2 Å². The Labute approximate surface area is 148 Å². The third kappa shape index (κ3) is 4.47. The number of benzene rings is 1. The zero-order valence-corrected chi connectivity index (χ0v) is 14.7. The molecule has 0 radical (unpaired) electrons. The SMILES string of the molecule is COc1ccccc1CNc1cc(C(=O)NC2CCCC2)nc(C)n1. The summed E-state index contributed by atoms with van der Waals surface area (Å²) in [5, 5.41) is 6.32. The standard InChI is InChI=1S/C19H24N4O2/c1-13-21-16(19(24)23-15-8-4-5-9-15)11-18(22-13)20-12-14-7-3-6-10-17(14)25-2/h3,6-7,10-11,15H,4-5,8-9,12H2,1-2H3,(H,23,24)(H,20,21,22). The van der Waals surface area contributed by atoms with Crippen LogP contribution in [0.2, 0.25) is 0 Å². The first-order chi connectivity index (χ1) is 12.2. The molecule has 1 saturated carbocycles. The van der Waals surface area contributed by atoms with Crippen molar-refractivity contribution in [2.75, 3.05) is 12.4 Å². The van der Waals surface area contributed by atoms with E-state index in [1.807, 2.05) is 24.3 Å². The van der Waals surface area contributed by atoms with Crippen LogP contribution in [0.4, 0.5) is 5.82 Å². The first-order valence-corrected chi connectivity index (χ1v) is 8.68. The van der Waals surface area contributed by atoms with Crippen LogP contribution in [-0.2, 0) is 6.54 Å². The average Bonchev–Trinajstić information content (AvgIpc) is 3.12. The van der Waals surface area contributed by atoms with Crippen LogP contribution < -0.4 is 15.4 Å². The van der Waals surface area contributed by atoms with E-state index in [0.29, 0.717) is 23.9 Å². The van der Waals surface area contributed by atoms with Crippen molar-refractivity contribution in [2.24, 2.45) is 0 Å². The maximum atomic E-state index is 12.4. The Kier molecular flexibility index (Phi) is 5.48. The van der Waals surface area contributed by atoms with Gasteiger partial charge in [0.2, 0.25) is 0 Å². The Morgan fingerprint density at radius 1 is 1.24 bits per heavy atom. The minimum absolute atomic E-state index is 0.127. The van der Waals surface area contributed by atoms with E-state index in [-0.39, 0.29) is 11.9 Å². The van der Waals surface area contributed by atoms with Crippen LogP contribution in [0.3, 0.4) is 0 Å². The Morgan fingerprint density at radius 2 is 2.00 bits per heavy atom. The van der Waals surface area contributed by atoms with Gasteiger partial charge in [0.25, 0.3) is 5.91 Å². The van der Waals surface area contributed by atoms with Gasteiger partial charge in [-0.05, 0) is 25.8 Å². The second-order valence-electron chi connectivity index (χ2n) is 6.31. The van der Waals surface area contributed by atoms with Crippen LogP contribution in [0.25, 0.3) is 0 Å². The number of rotatable bonds is 6. The van der Waals surface area contributed by atoms with Gasteiger partial charge in [-0.2, -0.15) is 0 Å². The van der Waals surface area contributed by atoms with Gasteiger partial charge in [0, 0.05) is 24.2 Å². The van der Waals surface area contributed by atoms with Gasteiger partial charge in [0.15, 0.2) is 0 Å². The molecule has 132 valence electrons. The number of carbonyl (C=O) groups excluding carboxylic acids is 1. The van der Waals surface area contributed by atoms with E-state index in [9.17, 15) is 4.79 Å². The van der Waals surface area contributed by atoms with E-state index in [4.69, 9.17) is 4.74 Å². The lowest BCUT2D eigenvalue weighted by atomic mass is 10.2. The zero-order chi connectivity index (χ0) is 17.6. The number of aryl methyl sites for hydroxylation is 1. The Morgan fingerprint density at radius 3 is 2.76 bits per heavy atom. The van der Waals surface area contributed by atoms with E-state index in [1.165, 1.54) is 12.8 Å². The second kappa shape index (κ2) is 7.96. The van der Waals surface area contributed by atoms with Gasteiger partial charge in [-0.3, -0.25) is 4.79 Å². The lowest BCUT2D eigenvalue weighted by molar-refractivity contribution is 0.0932. The molecule has 0 unspecified atom stereocenters. The number of anilines is 1. The maximum Gasteiger partial charge on any atom is 0.270 e. The summed E-state index contributed by atoms with van der Waals surface area (Å²) in [5.74, 6) is 1.90. The third-order valence-electron chi connectivity index (χ3n) is 4.41. The van der Waals surface area contributed by atoms with Crippen LogP contribution in [-0.4, -0.2) is 29.0 Å². The molecule has 2 aromatic rings. The first-order valence-electron chi connectivity index (χ1n) is 8.68. The first kappa shape index (κ1) is 17.2. The molecule has 1 aliphatic carbocycles. The number of aromatic nitrogens is 2. The quantitative estimate of drug-likeness (QED) is 0.845. The fourth-order valence-electron chi connectivity index (χ4n) is 3.14. The van der Waals surface area contributed by atoms with Crippen molar-refractivity contribution in [3.63, 3.8) is 0 Å². The molecule has 1 heterocycles. The minimum Gasteiger partial charge on any atom is -0.496 e. The molecule has 3 rings (SSSR count). The summed E-state index contributed by atoms with van der Waals surface area (Å²) in [7, 11) is 1.65. The molecular weight excluding hydrogens is 316 g/mol. The smallest absolute Gasteiger partial charge is 0.270 e. The van der Waals surface area contributed by atoms with Crippen LogP contribution in [0.1, 0.15) is 47.6 Å². The van der Waals surface area contributed by atoms with Crippen molar-refractivity contribution in [1.82, 2.24) is 15.3 Å². The predicted molar refractivity (Wildman–Crippen MR) is 96.8 cm³/mol. The fraction of sp³-hybridized carbons (Fsp3) is 0.421. The third-order valence-corrected chi connectivity index (χ3v) is 4.41. The minimum atomic E-state index is -0.127. The van der Waals surface area contributed by atoms with Crippen LogP contribution in [0.15, 0.2) is 30.3 Å². The molecule has 1 aromatic heterocycles. The summed E-state index contributed by atoms with van der Waals surface area (Å²) >= 11 is 0. The topological polar surface area (TPSA) is 76.1 Å². The molecule has 0 bridgehead atoms. The van der Waals surface area contributed by atoms with Crippen molar-refractivity contribution < 1.29 is 9.53 Å². The molecule has 0 saturated heterocycles. The van der Waals surface area contributed by atoms with Gasteiger partial charge < -0.3 is 15.4 Å². The summed E-state index contributed by atoms with van der Waals surface area (Å²) in [6.07, 6.45) is 4.46. The highest BCUT2D eigenvalue weighted by molar-refractivity contribution is 5.93. The number of ether oxygens (including phenoxy) is 1. The van der Waals surface area contributed by atoms with Gasteiger partial charge >= 0.3 is 0 Å². The largest absolute Gasteiger partial charge is 0.496 e. The van der Waals surface area contributed by atoms with Crippen molar-refractivity contribution >= 4 is 11.7 Å². The molecule has 25 heavy (non-hydrogen) atoms. The van der Waals surface area contributed by atoms with Crippen molar-refractivity contribution in [2.45, 2.75) is 45.2 Å². The molecule has 1 aromatic carbocycles. The number of carbonyl (C=O) groups is 1. The number of nitrogens with zero attached hydrogens (tertiary/aromatic N) is 2. The highest BCUT2D eigenvalue weighted by Gasteiger charge is 2.19. The number of para-hydroxylation sites is 1. The van der Waals surface area contributed by atoms with Crippen LogP contribution in [0, 0.1) is 6.92 Å². The van der Waals surface area contributed by atoms with Crippen LogP contribution in [0.5, 0.6) is 5.75 Å². The molecule has 0 atom stereocenters. The number of amides is 1. The number of hydrogen-bond acceptors (Lipinski definition) is 5. The Bertz CT molecular complexity index is 742. The molecular formula is C19H24N4O2. The van der Waals surface area contributed by atoms with Gasteiger partial charge in [-0.25, -0.2) is 9.97 Å². The van der Waals surface area contributed by atoms with E-state index < -0.39 is 0 Å². The highest BCUT2D eigenvalue weighted by atomic mass is 16.5. The molecule has 2 N–H and O–H groups in total. The monoisotopic (exact) mass is 340 g/mol. The maximum absolute atomic E-state index is 12.4. The fourth-order valence-corrected chi connectivity index (χ4v) is 3.14. The van der Waals surface area contributed by atoms with E-state index in [1.54, 1.807) is 20.1 Å². The van der Waals surface area contributed by atoms with Crippen LogP contribution >= 0.6 is 0 Å². The number of methoxy groups -OCH3 is 1. The van der Waals surface area contributed by atoms with Gasteiger partial charge in [-0.1, -0.05) is 31.0 Å². The summed E-state index contributed by atoms with van der Waals surface area (Å²) in [6.45, 7) is 2.35. The van der Waals surface area contributed by atoms with Gasteiger partial charge in [0.05, 0.1) is 7.11 Å². The van der Waals surface area contributed by atoms with E-state index in [2.05, 4.69) is 20.6 Å². The normalized spacial score (nSPS) is 14.3. The zero-order valence-electron chi connectivity index (χ0n) is 14.7. The van der Waals surface area contributed by atoms with Crippen molar-refractivity contribution in [3.05, 3.63) is 47.4 Å².